The molecule has 2 aliphatic heterocycles. The lowest BCUT2D eigenvalue weighted by atomic mass is 10.0. The molecule has 4 N–H and O–H groups in total. The molecule has 2 amide bonds. The maximum absolute atomic E-state index is 11.4. The average Bonchev–Trinajstić information content (AvgIpc) is 2.46. The smallest absolute Gasteiger partial charge is 0.410 e. The first kappa shape index (κ1) is 22.5. The van der Waals surface area contributed by atoms with Crippen LogP contribution in [-0.4, -0.2) is 70.4 Å². The van der Waals surface area contributed by atoms with Crippen molar-refractivity contribution in [3.05, 3.63) is 0 Å². The lowest BCUT2D eigenvalue weighted by molar-refractivity contribution is -0.00946. The highest BCUT2D eigenvalue weighted by Gasteiger charge is 2.39. The number of amides is 2. The SMILES string of the molecule is C[C@@H]1[C@@H](N)CN1C(=O)OC(C)(C)C.C[C@H]1[C@H](N)CN1C(=O)OC(C)(C)C. The summed E-state index contributed by atoms with van der Waals surface area (Å²) in [6, 6.07) is 0.421. The van der Waals surface area contributed by atoms with Gasteiger partial charge in [-0.15, -0.1) is 0 Å². The number of rotatable bonds is 0. The van der Waals surface area contributed by atoms with Crippen LogP contribution in [0.3, 0.4) is 0 Å². The van der Waals surface area contributed by atoms with Crippen molar-refractivity contribution in [2.24, 2.45) is 11.5 Å². The van der Waals surface area contributed by atoms with Crippen LogP contribution in [0.5, 0.6) is 0 Å². The highest BCUT2D eigenvalue weighted by molar-refractivity contribution is 5.70. The van der Waals surface area contributed by atoms with E-state index in [2.05, 4.69) is 0 Å². The second-order valence-electron chi connectivity index (χ2n) is 9.07. The van der Waals surface area contributed by atoms with E-state index >= 15 is 0 Å². The van der Waals surface area contributed by atoms with Crippen molar-refractivity contribution in [2.75, 3.05) is 13.1 Å². The third-order valence-electron chi connectivity index (χ3n) is 4.29. The molecule has 2 aliphatic rings. The Hall–Kier alpha value is -1.54. The summed E-state index contributed by atoms with van der Waals surface area (Å²) in [5, 5.41) is 0. The second kappa shape index (κ2) is 8.00. The van der Waals surface area contributed by atoms with Crippen LogP contribution in [0.1, 0.15) is 55.4 Å². The van der Waals surface area contributed by atoms with Crippen LogP contribution in [0, 0.1) is 0 Å². The molecular weight excluding hydrogens is 336 g/mol. The molecule has 26 heavy (non-hydrogen) atoms. The zero-order valence-corrected chi connectivity index (χ0v) is 17.4. The van der Waals surface area contributed by atoms with E-state index in [0.29, 0.717) is 13.1 Å². The first-order chi connectivity index (χ1) is 11.6. The molecule has 4 atom stereocenters. The number of hydrogen-bond donors (Lipinski definition) is 2. The van der Waals surface area contributed by atoms with E-state index in [1.54, 1.807) is 9.80 Å². The summed E-state index contributed by atoms with van der Waals surface area (Å²) in [5.41, 5.74) is 10.5. The van der Waals surface area contributed by atoms with Gasteiger partial charge in [-0.1, -0.05) is 0 Å². The molecular formula is C18H36N4O4. The van der Waals surface area contributed by atoms with Gasteiger partial charge >= 0.3 is 12.2 Å². The maximum Gasteiger partial charge on any atom is 0.410 e. The molecule has 2 fully saturated rings. The average molecular weight is 373 g/mol. The Morgan fingerprint density at radius 1 is 0.769 bits per heavy atom. The topological polar surface area (TPSA) is 111 Å². The summed E-state index contributed by atoms with van der Waals surface area (Å²) in [6.45, 7) is 16.2. The molecule has 0 spiro atoms. The van der Waals surface area contributed by atoms with E-state index in [-0.39, 0.29) is 36.4 Å². The number of nitrogens with two attached hydrogens (primary N) is 2. The number of likely N-dealkylation sites (tertiary alicyclic amines) is 2. The zero-order chi connectivity index (χ0) is 20.4. The number of carbonyl (C=O) groups excluding carboxylic acids is 2. The van der Waals surface area contributed by atoms with E-state index < -0.39 is 11.2 Å². The summed E-state index contributed by atoms with van der Waals surface area (Å²) in [5.74, 6) is 0. The summed E-state index contributed by atoms with van der Waals surface area (Å²) in [4.78, 5) is 26.2. The fourth-order valence-electron chi connectivity index (χ4n) is 2.40. The van der Waals surface area contributed by atoms with Gasteiger partial charge in [0.05, 0.1) is 0 Å². The molecule has 0 aliphatic carbocycles. The monoisotopic (exact) mass is 372 g/mol. The molecule has 2 saturated heterocycles. The van der Waals surface area contributed by atoms with Crippen LogP contribution < -0.4 is 11.5 Å². The number of nitrogens with zero attached hydrogens (tertiary/aromatic N) is 2. The van der Waals surface area contributed by atoms with Gasteiger partial charge in [-0.25, -0.2) is 9.59 Å². The molecule has 8 nitrogen and oxygen atoms in total. The van der Waals surface area contributed by atoms with E-state index in [0.717, 1.165) is 0 Å². The Labute approximate surface area is 157 Å². The van der Waals surface area contributed by atoms with E-state index in [9.17, 15) is 9.59 Å². The van der Waals surface area contributed by atoms with Gasteiger partial charge in [0.15, 0.2) is 0 Å². The maximum atomic E-state index is 11.4. The minimum atomic E-state index is -0.420. The molecule has 0 unspecified atom stereocenters. The van der Waals surface area contributed by atoms with Crippen molar-refractivity contribution < 1.29 is 19.1 Å². The minimum absolute atomic E-state index is 0.104. The third-order valence-corrected chi connectivity index (χ3v) is 4.29. The third kappa shape index (κ3) is 6.32. The van der Waals surface area contributed by atoms with Crippen molar-refractivity contribution in [3.63, 3.8) is 0 Å². The van der Waals surface area contributed by atoms with Gasteiger partial charge in [0.25, 0.3) is 0 Å². The number of hydrogen-bond acceptors (Lipinski definition) is 6. The van der Waals surface area contributed by atoms with Gasteiger partial charge in [0.2, 0.25) is 0 Å². The molecule has 0 radical (unpaired) electrons. The van der Waals surface area contributed by atoms with Crippen molar-refractivity contribution in [1.29, 1.82) is 0 Å². The van der Waals surface area contributed by atoms with E-state index in [1.165, 1.54) is 0 Å². The molecule has 0 aromatic heterocycles. The molecule has 152 valence electrons. The van der Waals surface area contributed by atoms with Gasteiger partial charge in [-0.3, -0.25) is 0 Å². The Morgan fingerprint density at radius 2 is 1.04 bits per heavy atom. The summed E-state index contributed by atoms with van der Waals surface area (Å²) in [7, 11) is 0. The van der Waals surface area contributed by atoms with Crippen LogP contribution in [-0.2, 0) is 9.47 Å². The Balaban J connectivity index is 0.000000260. The van der Waals surface area contributed by atoms with Gasteiger partial charge < -0.3 is 30.7 Å². The lowest BCUT2D eigenvalue weighted by Gasteiger charge is -2.44. The van der Waals surface area contributed by atoms with E-state index in [4.69, 9.17) is 20.9 Å². The summed E-state index contributed by atoms with van der Waals surface area (Å²) < 4.78 is 10.4. The molecule has 8 heteroatoms. The highest BCUT2D eigenvalue weighted by Crippen LogP contribution is 2.20. The molecule has 2 rings (SSSR count). The van der Waals surface area contributed by atoms with Crippen LogP contribution in [0.4, 0.5) is 9.59 Å². The zero-order valence-electron chi connectivity index (χ0n) is 17.4. The number of ether oxygens (including phenoxy) is 2. The molecule has 0 aromatic rings. The van der Waals surface area contributed by atoms with Crippen LogP contribution in [0.15, 0.2) is 0 Å². The summed E-state index contributed by atoms with van der Waals surface area (Å²) >= 11 is 0. The fraction of sp³-hybridized carbons (Fsp3) is 0.889. The quantitative estimate of drug-likeness (QED) is 0.672. The second-order valence-corrected chi connectivity index (χ2v) is 9.07. The molecule has 0 aromatic carbocycles. The van der Waals surface area contributed by atoms with Gasteiger partial charge in [-0.05, 0) is 55.4 Å². The number of carbonyl (C=O) groups is 2. The van der Waals surface area contributed by atoms with Crippen molar-refractivity contribution in [1.82, 2.24) is 9.80 Å². The Morgan fingerprint density at radius 3 is 1.19 bits per heavy atom. The predicted molar refractivity (Wildman–Crippen MR) is 101 cm³/mol. The largest absolute Gasteiger partial charge is 0.444 e. The normalized spacial score (nSPS) is 28.2. The molecule has 2 heterocycles. The molecule has 0 saturated carbocycles. The van der Waals surface area contributed by atoms with E-state index in [1.807, 2.05) is 55.4 Å². The molecule has 0 bridgehead atoms. The first-order valence-corrected chi connectivity index (χ1v) is 9.13. The van der Waals surface area contributed by atoms with Crippen molar-refractivity contribution in [3.8, 4) is 0 Å². The lowest BCUT2D eigenvalue weighted by Crippen LogP contribution is -2.65. The van der Waals surface area contributed by atoms with Crippen molar-refractivity contribution >= 4 is 12.2 Å². The minimum Gasteiger partial charge on any atom is -0.444 e. The highest BCUT2D eigenvalue weighted by atomic mass is 16.6. The van der Waals surface area contributed by atoms with Gasteiger partial charge in [0.1, 0.15) is 11.2 Å². The fourth-order valence-corrected chi connectivity index (χ4v) is 2.40. The Kier molecular flexibility index (Phi) is 6.92. The van der Waals surface area contributed by atoms with Gasteiger partial charge in [-0.2, -0.15) is 0 Å². The Bertz CT molecular complexity index is 466. The predicted octanol–water partition coefficient (Wildman–Crippen LogP) is 1.91. The van der Waals surface area contributed by atoms with Crippen LogP contribution in [0.25, 0.3) is 0 Å². The van der Waals surface area contributed by atoms with Gasteiger partial charge in [0, 0.05) is 37.3 Å². The standard InChI is InChI=1S/2C9H18N2O2/c2*1-6-7(10)5-11(6)8(12)13-9(2,3)4/h2*6-7H,5,10H2,1-4H3/t2*6-,7+/m10/s1. The van der Waals surface area contributed by atoms with Crippen LogP contribution >= 0.6 is 0 Å². The summed E-state index contributed by atoms with van der Waals surface area (Å²) in [6.07, 6.45) is -0.525. The first-order valence-electron chi connectivity index (χ1n) is 9.13. The van der Waals surface area contributed by atoms with Crippen LogP contribution in [0.2, 0.25) is 0 Å². The van der Waals surface area contributed by atoms with Crippen molar-refractivity contribution in [2.45, 2.75) is 90.8 Å².